The highest BCUT2D eigenvalue weighted by atomic mass is 16.6. The van der Waals surface area contributed by atoms with Crippen molar-refractivity contribution in [1.29, 1.82) is 0 Å². The highest BCUT2D eigenvalue weighted by Gasteiger charge is 2.24. The molecule has 0 spiro atoms. The fraction of sp³-hybridized carbons (Fsp3) is 0.462. The van der Waals surface area contributed by atoms with Crippen molar-refractivity contribution in [3.63, 3.8) is 0 Å². The van der Waals surface area contributed by atoms with Crippen molar-refractivity contribution < 1.29 is 9.72 Å². The van der Waals surface area contributed by atoms with E-state index in [0.717, 1.165) is 24.7 Å². The van der Waals surface area contributed by atoms with E-state index < -0.39 is 0 Å². The molecule has 1 heterocycles. The van der Waals surface area contributed by atoms with Gasteiger partial charge in [-0.1, -0.05) is 6.07 Å². The van der Waals surface area contributed by atoms with E-state index in [1.54, 1.807) is 12.1 Å². The Bertz CT molecular complexity index is 465. The van der Waals surface area contributed by atoms with Crippen LogP contribution in [0.2, 0.25) is 0 Å². The van der Waals surface area contributed by atoms with E-state index in [1.165, 1.54) is 0 Å². The van der Waals surface area contributed by atoms with Gasteiger partial charge in [0.15, 0.2) is 0 Å². The maximum Gasteiger partial charge on any atom is 0.292 e. The number of aldehydes is 1. The van der Waals surface area contributed by atoms with Gasteiger partial charge in [-0.25, -0.2) is 0 Å². The Morgan fingerprint density at radius 2 is 2.06 bits per heavy atom. The number of piperidine rings is 1. The monoisotopic (exact) mass is 248 g/mol. The maximum absolute atomic E-state index is 11.1. The van der Waals surface area contributed by atoms with Crippen LogP contribution in [0.4, 0.5) is 11.4 Å². The zero-order valence-electron chi connectivity index (χ0n) is 10.3. The minimum atomic E-state index is -0.339. The molecule has 1 aromatic carbocycles. The molecule has 0 amide bonds. The molecule has 2 rings (SSSR count). The Kier molecular flexibility index (Phi) is 3.60. The minimum absolute atomic E-state index is 0.103. The number of hydrogen-bond acceptors (Lipinski definition) is 4. The third-order valence-corrected chi connectivity index (χ3v) is 3.40. The lowest BCUT2D eigenvalue weighted by molar-refractivity contribution is -0.384. The average Bonchev–Trinajstić information content (AvgIpc) is 2.39. The zero-order chi connectivity index (χ0) is 13.1. The topological polar surface area (TPSA) is 63.5 Å². The van der Waals surface area contributed by atoms with Crippen LogP contribution in [0.3, 0.4) is 0 Å². The number of nitro benzene ring substituents is 1. The highest BCUT2D eigenvalue weighted by molar-refractivity contribution is 5.65. The first-order chi connectivity index (χ1) is 8.61. The molecule has 18 heavy (non-hydrogen) atoms. The van der Waals surface area contributed by atoms with Gasteiger partial charge in [-0.2, -0.15) is 0 Å². The molecular formula is C13H16N2O3. The number of carbonyl (C=O) groups excluding carboxylic acids is 1. The van der Waals surface area contributed by atoms with Gasteiger partial charge in [0.05, 0.1) is 4.92 Å². The van der Waals surface area contributed by atoms with Crippen LogP contribution in [0.1, 0.15) is 18.4 Å². The van der Waals surface area contributed by atoms with Crippen molar-refractivity contribution in [2.24, 2.45) is 5.92 Å². The summed E-state index contributed by atoms with van der Waals surface area (Å²) in [5, 5.41) is 11.1. The van der Waals surface area contributed by atoms with E-state index >= 15 is 0 Å². The fourth-order valence-electron chi connectivity index (χ4n) is 2.32. The number of hydrogen-bond donors (Lipinski definition) is 0. The number of rotatable bonds is 3. The quantitative estimate of drug-likeness (QED) is 0.468. The van der Waals surface area contributed by atoms with E-state index in [9.17, 15) is 14.9 Å². The van der Waals surface area contributed by atoms with E-state index in [-0.39, 0.29) is 16.5 Å². The zero-order valence-corrected chi connectivity index (χ0v) is 10.3. The van der Waals surface area contributed by atoms with Crippen molar-refractivity contribution in [2.45, 2.75) is 19.8 Å². The highest BCUT2D eigenvalue weighted by Crippen LogP contribution is 2.31. The number of nitro groups is 1. The van der Waals surface area contributed by atoms with Gasteiger partial charge in [-0.3, -0.25) is 10.1 Å². The summed E-state index contributed by atoms with van der Waals surface area (Å²) in [7, 11) is 0. The Morgan fingerprint density at radius 3 is 2.61 bits per heavy atom. The molecule has 0 aliphatic carbocycles. The average molecular weight is 248 g/mol. The molecule has 0 atom stereocenters. The lowest BCUT2D eigenvalue weighted by Crippen LogP contribution is -2.34. The molecule has 0 unspecified atom stereocenters. The molecule has 0 N–H and O–H groups in total. The van der Waals surface area contributed by atoms with Crippen LogP contribution in [0.25, 0.3) is 0 Å². The lowest BCUT2D eigenvalue weighted by atomic mass is 9.98. The molecule has 0 bridgehead atoms. The number of carbonyl (C=O) groups is 1. The van der Waals surface area contributed by atoms with Gasteiger partial charge >= 0.3 is 0 Å². The van der Waals surface area contributed by atoms with E-state index in [4.69, 9.17) is 0 Å². The number of nitrogens with zero attached hydrogens (tertiary/aromatic N) is 2. The molecule has 0 saturated carbocycles. The predicted molar refractivity (Wildman–Crippen MR) is 68.8 cm³/mol. The summed E-state index contributed by atoms with van der Waals surface area (Å²) in [4.78, 5) is 23.4. The van der Waals surface area contributed by atoms with Gasteiger partial charge in [-0.05, 0) is 31.4 Å². The van der Waals surface area contributed by atoms with Crippen molar-refractivity contribution in [1.82, 2.24) is 0 Å². The van der Waals surface area contributed by atoms with Crippen LogP contribution in [-0.2, 0) is 4.79 Å². The number of anilines is 1. The van der Waals surface area contributed by atoms with Gasteiger partial charge in [0.25, 0.3) is 5.69 Å². The summed E-state index contributed by atoms with van der Waals surface area (Å²) in [6, 6.07) is 5.28. The van der Waals surface area contributed by atoms with Crippen LogP contribution in [0.5, 0.6) is 0 Å². The molecule has 1 aromatic rings. The van der Waals surface area contributed by atoms with Gasteiger partial charge in [-0.15, -0.1) is 0 Å². The Hall–Kier alpha value is -1.91. The second-order valence-electron chi connectivity index (χ2n) is 4.71. The maximum atomic E-state index is 11.1. The van der Waals surface area contributed by atoms with Crippen molar-refractivity contribution in [3.05, 3.63) is 33.9 Å². The smallest absolute Gasteiger partial charge is 0.292 e. The summed E-state index contributed by atoms with van der Waals surface area (Å²) in [5.41, 5.74) is 1.70. The Labute approximate surface area is 106 Å². The molecule has 1 aliphatic heterocycles. The fourth-order valence-corrected chi connectivity index (χ4v) is 2.32. The standard InChI is InChI=1S/C13H16N2O3/c1-10-2-3-12(13(8-10)15(17)18)14-6-4-11(9-16)5-7-14/h2-3,8-9,11H,4-7H2,1H3. The molecule has 5 nitrogen and oxygen atoms in total. The molecular weight excluding hydrogens is 232 g/mol. The second kappa shape index (κ2) is 5.16. The summed E-state index contributed by atoms with van der Waals surface area (Å²) in [6.07, 6.45) is 2.53. The van der Waals surface area contributed by atoms with Crippen LogP contribution < -0.4 is 4.90 Å². The van der Waals surface area contributed by atoms with Crippen LogP contribution in [0.15, 0.2) is 18.2 Å². The largest absolute Gasteiger partial charge is 0.366 e. The van der Waals surface area contributed by atoms with E-state index in [0.29, 0.717) is 18.8 Å². The van der Waals surface area contributed by atoms with Crippen molar-refractivity contribution in [2.75, 3.05) is 18.0 Å². The van der Waals surface area contributed by atoms with Gasteiger partial charge in [0.2, 0.25) is 0 Å². The van der Waals surface area contributed by atoms with Crippen molar-refractivity contribution >= 4 is 17.7 Å². The Balaban J connectivity index is 2.23. The van der Waals surface area contributed by atoms with Crippen LogP contribution in [0, 0.1) is 23.0 Å². The van der Waals surface area contributed by atoms with Gasteiger partial charge in [0.1, 0.15) is 12.0 Å². The number of aryl methyl sites for hydroxylation is 1. The molecule has 0 aromatic heterocycles. The Morgan fingerprint density at radius 1 is 1.39 bits per heavy atom. The summed E-state index contributed by atoms with van der Waals surface area (Å²) >= 11 is 0. The molecule has 0 radical (unpaired) electrons. The van der Waals surface area contributed by atoms with E-state index in [1.807, 2.05) is 17.9 Å². The van der Waals surface area contributed by atoms with E-state index in [2.05, 4.69) is 0 Å². The first-order valence-corrected chi connectivity index (χ1v) is 6.07. The molecule has 1 saturated heterocycles. The predicted octanol–water partition coefficient (Wildman–Crippen LogP) is 2.32. The first kappa shape index (κ1) is 12.5. The van der Waals surface area contributed by atoms with Gasteiger partial charge < -0.3 is 9.69 Å². The molecule has 1 aliphatic rings. The molecule has 1 fully saturated rings. The first-order valence-electron chi connectivity index (χ1n) is 6.07. The molecule has 5 heteroatoms. The van der Waals surface area contributed by atoms with Gasteiger partial charge in [0, 0.05) is 25.1 Å². The molecule has 96 valence electrons. The SMILES string of the molecule is Cc1ccc(N2CCC(C=O)CC2)c([N+](=O)[O-])c1. The van der Waals surface area contributed by atoms with Crippen LogP contribution >= 0.6 is 0 Å². The normalized spacial score (nSPS) is 16.6. The van der Waals surface area contributed by atoms with Crippen LogP contribution in [-0.4, -0.2) is 24.3 Å². The summed E-state index contributed by atoms with van der Waals surface area (Å²) in [6.45, 7) is 3.25. The summed E-state index contributed by atoms with van der Waals surface area (Å²) in [5.74, 6) is 0.103. The summed E-state index contributed by atoms with van der Waals surface area (Å²) < 4.78 is 0. The third kappa shape index (κ3) is 2.50. The number of benzene rings is 1. The van der Waals surface area contributed by atoms with Crippen molar-refractivity contribution in [3.8, 4) is 0 Å². The minimum Gasteiger partial charge on any atom is -0.366 e. The lowest BCUT2D eigenvalue weighted by Gasteiger charge is -2.31. The second-order valence-corrected chi connectivity index (χ2v) is 4.71. The third-order valence-electron chi connectivity index (χ3n) is 3.40.